The van der Waals surface area contributed by atoms with Gasteiger partial charge in [0.15, 0.2) is 0 Å². The van der Waals surface area contributed by atoms with Crippen LogP contribution in [0.5, 0.6) is 0 Å². The van der Waals surface area contributed by atoms with Gasteiger partial charge in [0.2, 0.25) is 0 Å². The fraction of sp³-hybridized carbons (Fsp3) is 1.00. The Bertz CT molecular complexity index is 207. The number of hydrogen-bond donors (Lipinski definition) is 1. The molecule has 0 saturated heterocycles. The van der Waals surface area contributed by atoms with Gasteiger partial charge in [-0.25, -0.2) is 0 Å². The summed E-state index contributed by atoms with van der Waals surface area (Å²) in [7, 11) is 2.20. The molecule has 0 aromatic heterocycles. The molecule has 3 saturated carbocycles. The Morgan fingerprint density at radius 2 is 1.40 bits per heavy atom. The van der Waals surface area contributed by atoms with Crippen LogP contribution in [0.1, 0.15) is 51.4 Å². The smallest absolute Gasteiger partial charge is 0.0126 e. The second-order valence-corrected chi connectivity index (χ2v) is 6.05. The van der Waals surface area contributed by atoms with Gasteiger partial charge in [-0.1, -0.05) is 25.7 Å². The standard InChI is InChI=1S/C14H25N/c1-15-14(10-6-2-3-7-10)13-11-8-4-5-9-12(11)13/h10-15H,2-9H2,1H3. The van der Waals surface area contributed by atoms with Crippen molar-refractivity contribution < 1.29 is 0 Å². The van der Waals surface area contributed by atoms with Crippen LogP contribution < -0.4 is 5.32 Å². The van der Waals surface area contributed by atoms with Gasteiger partial charge >= 0.3 is 0 Å². The van der Waals surface area contributed by atoms with E-state index in [1.807, 2.05) is 0 Å². The Balaban J connectivity index is 1.64. The first-order chi connectivity index (χ1) is 7.42. The summed E-state index contributed by atoms with van der Waals surface area (Å²) in [6.07, 6.45) is 12.1. The molecule has 3 unspecified atom stereocenters. The maximum atomic E-state index is 3.66. The molecule has 3 rings (SSSR count). The second-order valence-electron chi connectivity index (χ2n) is 6.05. The van der Waals surface area contributed by atoms with Crippen molar-refractivity contribution in [1.29, 1.82) is 0 Å². The predicted molar refractivity (Wildman–Crippen MR) is 63.7 cm³/mol. The van der Waals surface area contributed by atoms with E-state index < -0.39 is 0 Å². The molecule has 3 fully saturated rings. The average molecular weight is 207 g/mol. The van der Waals surface area contributed by atoms with E-state index in [4.69, 9.17) is 0 Å². The first-order valence-corrected chi connectivity index (χ1v) is 7.09. The molecule has 0 aliphatic heterocycles. The molecule has 1 N–H and O–H groups in total. The number of hydrogen-bond acceptors (Lipinski definition) is 1. The Kier molecular flexibility index (Phi) is 2.76. The highest BCUT2D eigenvalue weighted by molar-refractivity contribution is 5.06. The van der Waals surface area contributed by atoms with Crippen molar-refractivity contribution in [1.82, 2.24) is 5.32 Å². The van der Waals surface area contributed by atoms with Crippen LogP contribution in [-0.4, -0.2) is 13.1 Å². The van der Waals surface area contributed by atoms with Crippen LogP contribution in [0.2, 0.25) is 0 Å². The number of rotatable bonds is 3. The van der Waals surface area contributed by atoms with E-state index in [0.29, 0.717) is 0 Å². The molecule has 86 valence electrons. The number of fused-ring (bicyclic) bond motifs is 1. The summed E-state index contributed by atoms with van der Waals surface area (Å²) in [5.74, 6) is 4.33. The van der Waals surface area contributed by atoms with Crippen molar-refractivity contribution in [3.05, 3.63) is 0 Å². The normalized spacial score (nSPS) is 42.6. The van der Waals surface area contributed by atoms with Gasteiger partial charge in [0, 0.05) is 6.04 Å². The zero-order valence-electron chi connectivity index (χ0n) is 10.0. The molecule has 0 aromatic rings. The van der Waals surface area contributed by atoms with Gasteiger partial charge in [-0.3, -0.25) is 0 Å². The lowest BCUT2D eigenvalue weighted by Crippen LogP contribution is -2.35. The largest absolute Gasteiger partial charge is 0.316 e. The topological polar surface area (TPSA) is 12.0 Å². The molecule has 0 radical (unpaired) electrons. The highest BCUT2D eigenvalue weighted by atomic mass is 14.9. The van der Waals surface area contributed by atoms with E-state index in [1.165, 1.54) is 38.5 Å². The highest BCUT2D eigenvalue weighted by Gasteiger charge is 2.55. The van der Waals surface area contributed by atoms with Crippen molar-refractivity contribution in [2.24, 2.45) is 23.7 Å². The minimum Gasteiger partial charge on any atom is -0.316 e. The maximum Gasteiger partial charge on any atom is 0.0126 e. The van der Waals surface area contributed by atoms with Gasteiger partial charge in [0.05, 0.1) is 0 Å². The van der Waals surface area contributed by atoms with Crippen molar-refractivity contribution >= 4 is 0 Å². The molecule has 3 atom stereocenters. The molecule has 0 amide bonds. The van der Waals surface area contributed by atoms with Crippen LogP contribution in [0.25, 0.3) is 0 Å². The van der Waals surface area contributed by atoms with Gasteiger partial charge in [0.25, 0.3) is 0 Å². The summed E-state index contributed by atoms with van der Waals surface area (Å²) in [6, 6.07) is 0.876. The molecular weight excluding hydrogens is 182 g/mol. The van der Waals surface area contributed by atoms with Crippen LogP contribution >= 0.6 is 0 Å². The second kappa shape index (κ2) is 4.08. The lowest BCUT2D eigenvalue weighted by Gasteiger charge is -2.23. The molecular formula is C14H25N. The van der Waals surface area contributed by atoms with Crippen molar-refractivity contribution in [3.8, 4) is 0 Å². The van der Waals surface area contributed by atoms with Crippen molar-refractivity contribution in [3.63, 3.8) is 0 Å². The summed E-state index contributed by atoms with van der Waals surface area (Å²) < 4.78 is 0. The molecule has 3 aliphatic rings. The Labute approximate surface area is 94.0 Å². The zero-order valence-corrected chi connectivity index (χ0v) is 10.0. The van der Waals surface area contributed by atoms with Gasteiger partial charge in [-0.05, 0) is 56.4 Å². The highest BCUT2D eigenvalue weighted by Crippen LogP contribution is 2.58. The quantitative estimate of drug-likeness (QED) is 0.749. The molecule has 0 spiro atoms. The fourth-order valence-electron chi connectivity index (χ4n) is 4.64. The van der Waals surface area contributed by atoms with Crippen LogP contribution in [0.3, 0.4) is 0 Å². The van der Waals surface area contributed by atoms with Crippen LogP contribution in [0.15, 0.2) is 0 Å². The minimum atomic E-state index is 0.876. The van der Waals surface area contributed by atoms with Crippen molar-refractivity contribution in [2.75, 3.05) is 7.05 Å². The molecule has 1 nitrogen and oxygen atoms in total. The van der Waals surface area contributed by atoms with Crippen LogP contribution in [0, 0.1) is 23.7 Å². The van der Waals surface area contributed by atoms with Gasteiger partial charge in [-0.15, -0.1) is 0 Å². The summed E-state index contributed by atoms with van der Waals surface area (Å²) in [6.45, 7) is 0. The number of nitrogens with one attached hydrogen (secondary N) is 1. The Morgan fingerprint density at radius 1 is 0.867 bits per heavy atom. The summed E-state index contributed by atoms with van der Waals surface area (Å²) in [5.41, 5.74) is 0. The molecule has 3 aliphatic carbocycles. The van der Waals surface area contributed by atoms with E-state index in [0.717, 1.165) is 29.7 Å². The van der Waals surface area contributed by atoms with Gasteiger partial charge < -0.3 is 5.32 Å². The molecule has 1 heteroatoms. The van der Waals surface area contributed by atoms with Crippen LogP contribution in [0.4, 0.5) is 0 Å². The lowest BCUT2D eigenvalue weighted by atomic mass is 9.92. The Hall–Kier alpha value is -0.0400. The van der Waals surface area contributed by atoms with Gasteiger partial charge in [-0.2, -0.15) is 0 Å². The molecule has 0 heterocycles. The Morgan fingerprint density at radius 3 is 1.93 bits per heavy atom. The van der Waals surface area contributed by atoms with Gasteiger partial charge in [0.1, 0.15) is 0 Å². The van der Waals surface area contributed by atoms with Crippen molar-refractivity contribution in [2.45, 2.75) is 57.4 Å². The zero-order chi connectivity index (χ0) is 10.3. The monoisotopic (exact) mass is 207 g/mol. The predicted octanol–water partition coefficient (Wildman–Crippen LogP) is 3.20. The summed E-state index contributed by atoms with van der Waals surface area (Å²) >= 11 is 0. The van der Waals surface area contributed by atoms with E-state index in [2.05, 4.69) is 12.4 Å². The SMILES string of the molecule is CNC(C1CCCC1)C1C2CCCCC21. The molecule has 0 aromatic carbocycles. The first-order valence-electron chi connectivity index (χ1n) is 7.09. The van der Waals surface area contributed by atoms with E-state index in [-0.39, 0.29) is 0 Å². The van der Waals surface area contributed by atoms with E-state index >= 15 is 0 Å². The average Bonchev–Trinajstić information content (AvgIpc) is 2.74. The first kappa shape index (κ1) is 10.1. The van der Waals surface area contributed by atoms with Crippen LogP contribution in [-0.2, 0) is 0 Å². The third-order valence-corrected chi connectivity index (χ3v) is 5.38. The fourth-order valence-corrected chi connectivity index (χ4v) is 4.64. The minimum absolute atomic E-state index is 0.876. The summed E-state index contributed by atoms with van der Waals surface area (Å²) in [5, 5.41) is 3.66. The third kappa shape index (κ3) is 1.73. The molecule has 0 bridgehead atoms. The lowest BCUT2D eigenvalue weighted by molar-refractivity contribution is 0.324. The van der Waals surface area contributed by atoms with E-state index in [9.17, 15) is 0 Å². The third-order valence-electron chi connectivity index (χ3n) is 5.38. The maximum absolute atomic E-state index is 3.66. The summed E-state index contributed by atoms with van der Waals surface area (Å²) in [4.78, 5) is 0. The van der Waals surface area contributed by atoms with E-state index in [1.54, 1.807) is 12.8 Å². The molecule has 15 heavy (non-hydrogen) atoms.